The molecule has 0 aromatic carbocycles. The first kappa shape index (κ1) is 92.3. The van der Waals surface area contributed by atoms with Crippen molar-refractivity contribution < 1.29 is 242 Å². The number of nitrogens with zero attached hydrogens (tertiary/aromatic N) is 16. The van der Waals surface area contributed by atoms with Gasteiger partial charge in [-0.1, -0.05) is 48.5 Å². The Labute approximate surface area is 647 Å². The average Bonchev–Trinajstić information content (AvgIpc) is 1.82. The largest absolute Gasteiger partial charge is 2.00 e. The third-order valence-electron chi connectivity index (χ3n) is 11.6. The number of hydrogen-bond donors (Lipinski definition) is 0. The molecule has 12 aromatic rings. The molecule has 0 atom stereocenters. The van der Waals surface area contributed by atoms with Crippen molar-refractivity contribution in [3.63, 3.8) is 0 Å². The first-order valence-corrected chi connectivity index (χ1v) is 33.2. The molecule has 559 valence electrons. The van der Waals surface area contributed by atoms with Crippen LogP contribution in [0.25, 0.3) is 45.6 Å². The van der Waals surface area contributed by atoms with Gasteiger partial charge in [-0.15, -0.1) is 51.2 Å². The summed E-state index contributed by atoms with van der Waals surface area (Å²) in [5.74, 6) is 0. The van der Waals surface area contributed by atoms with E-state index in [9.17, 15) is 0 Å². The van der Waals surface area contributed by atoms with Crippen molar-refractivity contribution in [1.82, 2.24) is 58.1 Å². The van der Waals surface area contributed by atoms with Crippen molar-refractivity contribution in [2.45, 2.75) is 39.5 Å². The Morgan fingerprint density at radius 1 is 0.282 bits per heavy atom. The van der Waals surface area contributed by atoms with Crippen molar-refractivity contribution in [3.05, 3.63) is 268 Å². The zero-order valence-corrected chi connectivity index (χ0v) is 61.4. The molecule has 12 heterocycles. The summed E-state index contributed by atoms with van der Waals surface area (Å²) in [6, 6.07) is 47.4. The van der Waals surface area contributed by atoms with Gasteiger partial charge in [0.05, 0.1) is 68.3 Å². The topological polar surface area (TPSA) is 600 Å². The first-order chi connectivity index (χ1) is 46.6. The fourth-order valence-electron chi connectivity index (χ4n) is 8.16. The molecule has 103 heavy (non-hydrogen) atoms. The van der Waals surface area contributed by atoms with E-state index in [0.29, 0.717) is 39.5 Å². The zero-order chi connectivity index (χ0) is 72.2. The van der Waals surface area contributed by atoms with Crippen LogP contribution in [0.2, 0.25) is 0 Å². The Bertz CT molecular complexity index is 3760. The van der Waals surface area contributed by atoms with Gasteiger partial charge >= 0.3 is 78.9 Å². The molecule has 0 saturated carbocycles. The second kappa shape index (κ2) is 44.9. The van der Waals surface area contributed by atoms with E-state index in [0.717, 1.165) is 68.3 Å². The van der Waals surface area contributed by atoms with E-state index in [1.165, 1.54) is 0 Å². The molecular formula is C58H48Au2Cl5Cu2N16O20. The monoisotopic (exact) mass is 1980 g/mol. The Hall–Kier alpha value is -6.79. The molecule has 12 rings (SSSR count). The van der Waals surface area contributed by atoms with E-state index in [4.69, 9.17) is 113 Å². The van der Waals surface area contributed by atoms with Crippen LogP contribution in [0.5, 0.6) is 0 Å². The molecule has 0 aliphatic carbocycles. The summed E-state index contributed by atoms with van der Waals surface area (Å²) in [5.41, 5.74) is 10.7. The summed E-state index contributed by atoms with van der Waals surface area (Å²) < 4.78 is 186. The van der Waals surface area contributed by atoms with Gasteiger partial charge in [0.2, 0.25) is 25.3 Å². The Morgan fingerprint density at radius 2 is 0.495 bits per heavy atom. The summed E-state index contributed by atoms with van der Waals surface area (Å²) in [7, 11) is -24.7. The molecule has 1 radical (unpaired) electrons. The molecule has 36 nitrogen and oxygen atoms in total. The second-order valence-corrected chi connectivity index (χ2v) is 22.9. The van der Waals surface area contributed by atoms with Crippen molar-refractivity contribution in [2.75, 3.05) is 0 Å². The molecule has 0 fully saturated rings. The van der Waals surface area contributed by atoms with E-state index < -0.39 is 51.2 Å². The van der Waals surface area contributed by atoms with Gasteiger partial charge in [-0.05, 0) is 147 Å². The van der Waals surface area contributed by atoms with Gasteiger partial charge < -0.3 is 36.5 Å². The number of aromatic nitrogens is 16. The molecule has 45 heteroatoms. The van der Waals surface area contributed by atoms with Crippen LogP contribution in [0.15, 0.2) is 220 Å². The van der Waals surface area contributed by atoms with Crippen molar-refractivity contribution in [3.8, 4) is 45.6 Å². The van der Waals surface area contributed by atoms with Crippen molar-refractivity contribution >= 4 is 0 Å². The summed E-state index contributed by atoms with van der Waals surface area (Å²) in [6.45, 7) is 3.71. The van der Waals surface area contributed by atoms with Crippen LogP contribution < -0.4 is 111 Å². The molecule has 0 spiro atoms. The summed E-state index contributed by atoms with van der Waals surface area (Å²) in [4.78, 5) is 36.6. The third kappa shape index (κ3) is 41.5. The Kier molecular flexibility index (Phi) is 40.2. The van der Waals surface area contributed by atoms with Crippen LogP contribution in [0, 0.1) is 76.5 Å². The predicted molar refractivity (Wildman–Crippen MR) is 271 cm³/mol. The minimum Gasteiger partial charge on any atom is -0.346 e. The molecule has 0 bridgehead atoms. The average molecular weight is 1990 g/mol. The molecule has 0 saturated heterocycles. The van der Waals surface area contributed by atoms with Crippen LogP contribution in [0.1, 0.15) is 22.8 Å². The van der Waals surface area contributed by atoms with Gasteiger partial charge in [-0.3, -0.25) is 19.9 Å². The van der Waals surface area contributed by atoms with E-state index >= 15 is 0 Å². The van der Waals surface area contributed by atoms with Crippen LogP contribution in [-0.2, 0) is 118 Å². The normalized spacial score (nSPS) is 10.8. The van der Waals surface area contributed by atoms with E-state index in [-0.39, 0.29) is 78.9 Å². The summed E-state index contributed by atoms with van der Waals surface area (Å²) in [5, 5.41) is 0. The van der Waals surface area contributed by atoms with Crippen molar-refractivity contribution in [2.24, 2.45) is 0 Å². The van der Waals surface area contributed by atoms with Gasteiger partial charge in [0.15, 0.2) is 13.3 Å². The standard InChI is InChI=1S/2C29H24N8.2Au.5ClHO4.2Cu/c2*1-3-13-30-26(9-1)28-11-5-7-24(32-28)19-34-15-17-36(21-34)23-37-18-16-35(22-37)20-25-8-6-12-29(33-25)27-10-2-4-14-31-27;;;5*2-1(3,4)5;;/h2*1-18H,19-20,23H2;;;5*(H,2,3,4,5);;/q;;2*+1;;;;;;+1;+2/p-5. The van der Waals surface area contributed by atoms with Crippen LogP contribution in [0.3, 0.4) is 0 Å². The van der Waals surface area contributed by atoms with Gasteiger partial charge in [-0.2, -0.15) is 0 Å². The second-order valence-electron chi connectivity index (χ2n) is 19.1. The van der Waals surface area contributed by atoms with E-state index in [1.807, 2.05) is 232 Å². The van der Waals surface area contributed by atoms with Crippen LogP contribution in [-0.4, -0.2) is 58.1 Å². The molecule has 0 aliphatic heterocycles. The van der Waals surface area contributed by atoms with Crippen molar-refractivity contribution in [1.29, 1.82) is 0 Å². The molecule has 0 unspecified atom stereocenters. The quantitative estimate of drug-likeness (QED) is 0.0492. The first-order valence-electron chi connectivity index (χ1n) is 27.1. The fourth-order valence-corrected chi connectivity index (χ4v) is 8.16. The van der Waals surface area contributed by atoms with E-state index in [2.05, 4.69) is 45.2 Å². The van der Waals surface area contributed by atoms with Gasteiger partial charge in [-0.25, -0.2) is 113 Å². The summed E-state index contributed by atoms with van der Waals surface area (Å²) >= 11 is 0. The third-order valence-corrected chi connectivity index (χ3v) is 11.6. The van der Waals surface area contributed by atoms with Gasteiger partial charge in [0.25, 0.3) is 0 Å². The number of hydrogen-bond acceptors (Lipinski definition) is 28. The Morgan fingerprint density at radius 3 is 0.748 bits per heavy atom. The number of pyridine rings is 8. The smallest absolute Gasteiger partial charge is 0.346 e. The van der Waals surface area contributed by atoms with Crippen LogP contribution >= 0.6 is 0 Å². The van der Waals surface area contributed by atoms with E-state index in [1.54, 1.807) is 24.8 Å². The SMILES string of the molecule is [Au+].[Au+].[Cu+2].[Cu+].[O-][Cl+3]([O-])([O-])[O-].[O-][Cl+3]([O-])([O-])[O-].[O-][Cl+3]([O-])([O-])[O-].[O-][Cl+3]([O-])([O-])[O-].[O-][Cl+3]([O-])([O-])[O-].[c-]1n(C[n+]2[c-]n(Cc3cccc(-c4ccccn4)n3)cc2)cc[n+]1Cc1cccc(-c2ccccn2)n1.[c-]1n(C[n+]2[c-]n(Cc3cccc(-c4ccccn4)n3)cc2)cc[n+]1Cc1cccc(-c2ccccn2)n1. The predicted octanol–water partition coefficient (Wildman–Crippen LogP) is -17.8. The number of halogens is 5. The van der Waals surface area contributed by atoms with Crippen LogP contribution in [0.4, 0.5) is 0 Å². The van der Waals surface area contributed by atoms with Gasteiger partial charge in [0.1, 0.15) is 26.2 Å². The molecule has 0 aliphatic rings. The maximum absolute atomic E-state index is 8.49. The maximum atomic E-state index is 8.49. The molecular weight excluding hydrogens is 1940 g/mol. The Balaban J connectivity index is 0.000000512. The van der Waals surface area contributed by atoms with Gasteiger partial charge in [0, 0.05) is 24.8 Å². The number of rotatable bonds is 16. The fraction of sp³-hybridized carbons (Fsp3) is 0.103. The minimum absolute atomic E-state index is 0. The summed E-state index contributed by atoms with van der Waals surface area (Å²) in [6.07, 6.45) is 36.6. The molecule has 0 N–H and O–H groups in total. The molecule has 12 aromatic heterocycles. The zero-order valence-electron chi connectivity index (χ0n) is 51.4. The molecule has 0 amide bonds. The minimum atomic E-state index is -4.94. The maximum Gasteiger partial charge on any atom is 2.00 e. The number of imidazole rings is 4.